The van der Waals surface area contributed by atoms with E-state index >= 15 is 0 Å². The van der Waals surface area contributed by atoms with E-state index in [0.29, 0.717) is 19.4 Å². The summed E-state index contributed by atoms with van der Waals surface area (Å²) in [6.07, 6.45) is 0.959. The number of benzene rings is 2. The van der Waals surface area contributed by atoms with Crippen LogP contribution in [0, 0.1) is 5.92 Å². The van der Waals surface area contributed by atoms with Crippen LogP contribution in [0.25, 0.3) is 0 Å². The quantitative estimate of drug-likeness (QED) is 0.690. The first-order valence-corrected chi connectivity index (χ1v) is 10.6. The Labute approximate surface area is 182 Å². The van der Waals surface area contributed by atoms with E-state index in [1.165, 1.54) is 5.56 Å². The molecule has 1 amide bonds. The zero-order valence-electron chi connectivity index (χ0n) is 17.5. The van der Waals surface area contributed by atoms with Crippen molar-refractivity contribution in [3.63, 3.8) is 0 Å². The first kappa shape index (κ1) is 22.8. The highest BCUT2D eigenvalue weighted by Gasteiger charge is 2.37. The van der Waals surface area contributed by atoms with Crippen molar-refractivity contribution >= 4 is 12.4 Å². The molecule has 1 saturated carbocycles. The Morgan fingerprint density at radius 2 is 1.55 bits per heavy atom. The molecule has 2 N–H and O–H groups in total. The van der Waals surface area contributed by atoms with Gasteiger partial charge in [-0.3, -0.25) is 14.5 Å². The average Bonchev–Trinajstić information content (AvgIpc) is 2.79. The lowest BCUT2D eigenvalue weighted by atomic mass is 9.81. The SMILES string of the molecule is O=C(C1CC(O)C1)N1CCN(C(COc2ccccc2)c2ccccc2)CC1.O=CO. The molecule has 1 saturated heterocycles. The lowest BCUT2D eigenvalue weighted by Crippen LogP contribution is -2.53. The van der Waals surface area contributed by atoms with Crippen molar-refractivity contribution < 1.29 is 24.5 Å². The molecule has 2 aromatic carbocycles. The van der Waals surface area contributed by atoms with Crippen LogP contribution in [0.1, 0.15) is 24.4 Å². The lowest BCUT2D eigenvalue weighted by molar-refractivity contribution is -0.144. The van der Waals surface area contributed by atoms with Gasteiger partial charge >= 0.3 is 0 Å². The van der Waals surface area contributed by atoms with Gasteiger partial charge in [-0.15, -0.1) is 0 Å². The number of aliphatic hydroxyl groups is 1. The summed E-state index contributed by atoms with van der Waals surface area (Å²) < 4.78 is 6.08. The number of carboxylic acid groups (broad SMARTS) is 1. The average molecular weight is 427 g/mol. The van der Waals surface area contributed by atoms with Gasteiger partial charge in [-0.25, -0.2) is 0 Å². The number of carbonyl (C=O) groups is 2. The molecule has 4 rings (SSSR count). The Hall–Kier alpha value is -2.90. The number of carbonyl (C=O) groups excluding carboxylic acids is 1. The minimum atomic E-state index is -0.284. The number of hydrogen-bond acceptors (Lipinski definition) is 5. The molecule has 2 fully saturated rings. The van der Waals surface area contributed by atoms with E-state index in [0.717, 1.165) is 31.9 Å². The number of amides is 1. The van der Waals surface area contributed by atoms with Crippen molar-refractivity contribution in [3.05, 3.63) is 66.2 Å². The Morgan fingerprint density at radius 1 is 1.00 bits per heavy atom. The van der Waals surface area contributed by atoms with Crippen LogP contribution in [-0.2, 0) is 9.59 Å². The van der Waals surface area contributed by atoms with E-state index in [2.05, 4.69) is 29.2 Å². The monoisotopic (exact) mass is 426 g/mol. The fourth-order valence-corrected chi connectivity index (χ4v) is 4.08. The topological polar surface area (TPSA) is 90.3 Å². The molecule has 0 radical (unpaired) electrons. The van der Waals surface area contributed by atoms with E-state index < -0.39 is 0 Å². The second-order valence-corrected chi connectivity index (χ2v) is 7.84. The van der Waals surface area contributed by atoms with Crippen molar-refractivity contribution in [1.82, 2.24) is 9.80 Å². The van der Waals surface area contributed by atoms with Crippen LogP contribution in [0.4, 0.5) is 0 Å². The van der Waals surface area contributed by atoms with E-state index in [1.54, 1.807) is 0 Å². The number of ether oxygens (including phenoxy) is 1. The summed E-state index contributed by atoms with van der Waals surface area (Å²) >= 11 is 0. The minimum absolute atomic E-state index is 0.0212. The summed E-state index contributed by atoms with van der Waals surface area (Å²) in [4.78, 5) is 25.3. The fourth-order valence-electron chi connectivity index (χ4n) is 4.08. The highest BCUT2D eigenvalue weighted by atomic mass is 16.5. The number of para-hydroxylation sites is 1. The molecular formula is C24H30N2O5. The maximum Gasteiger partial charge on any atom is 0.290 e. The summed E-state index contributed by atoms with van der Waals surface area (Å²) in [5.74, 6) is 1.11. The molecule has 1 aliphatic heterocycles. The molecule has 1 unspecified atom stereocenters. The fraction of sp³-hybridized carbons (Fsp3) is 0.417. The first-order chi connectivity index (χ1) is 15.1. The maximum absolute atomic E-state index is 12.6. The third kappa shape index (κ3) is 6.29. The molecule has 0 spiro atoms. The third-order valence-corrected chi connectivity index (χ3v) is 5.86. The summed E-state index contributed by atoms with van der Waals surface area (Å²) in [6.45, 7) is 3.47. The molecule has 1 heterocycles. The minimum Gasteiger partial charge on any atom is -0.492 e. The molecule has 1 atom stereocenters. The number of rotatable bonds is 6. The molecule has 2 aromatic rings. The first-order valence-electron chi connectivity index (χ1n) is 10.6. The Balaban J connectivity index is 0.000000858. The third-order valence-electron chi connectivity index (χ3n) is 5.86. The second-order valence-electron chi connectivity index (χ2n) is 7.84. The lowest BCUT2D eigenvalue weighted by Gasteiger charge is -2.42. The predicted molar refractivity (Wildman–Crippen MR) is 117 cm³/mol. The Morgan fingerprint density at radius 3 is 2.10 bits per heavy atom. The van der Waals surface area contributed by atoms with Crippen LogP contribution in [0.2, 0.25) is 0 Å². The zero-order valence-corrected chi connectivity index (χ0v) is 17.5. The Bertz CT molecular complexity index is 803. The standard InChI is InChI=1S/C23H28N2O3.CH2O2/c26-20-15-19(16-20)23(27)25-13-11-24(12-14-25)22(18-7-3-1-4-8-18)17-28-21-9-5-2-6-10-21;2-1-3/h1-10,19-20,22,26H,11-17H2;1H,(H,2,3). The van der Waals surface area contributed by atoms with Gasteiger partial charge in [-0.1, -0.05) is 48.5 Å². The van der Waals surface area contributed by atoms with Gasteiger partial charge in [0.05, 0.1) is 12.1 Å². The van der Waals surface area contributed by atoms with Crippen LogP contribution in [0.15, 0.2) is 60.7 Å². The van der Waals surface area contributed by atoms with E-state index in [1.807, 2.05) is 41.3 Å². The van der Waals surface area contributed by atoms with E-state index in [-0.39, 0.29) is 30.4 Å². The molecular weight excluding hydrogens is 396 g/mol. The summed E-state index contributed by atoms with van der Waals surface area (Å²) in [5.41, 5.74) is 1.24. The smallest absolute Gasteiger partial charge is 0.290 e. The van der Waals surface area contributed by atoms with Crippen molar-refractivity contribution in [2.45, 2.75) is 25.0 Å². The second kappa shape index (κ2) is 11.5. The summed E-state index contributed by atoms with van der Waals surface area (Å²) in [7, 11) is 0. The predicted octanol–water partition coefficient (Wildman–Crippen LogP) is 2.42. The van der Waals surface area contributed by atoms with Gasteiger partial charge in [0.25, 0.3) is 6.47 Å². The highest BCUT2D eigenvalue weighted by Crippen LogP contribution is 2.30. The van der Waals surface area contributed by atoms with Crippen molar-refractivity contribution in [2.75, 3.05) is 32.8 Å². The van der Waals surface area contributed by atoms with Gasteiger partial charge in [-0.2, -0.15) is 0 Å². The summed E-state index contributed by atoms with van der Waals surface area (Å²) in [6, 6.07) is 20.5. The molecule has 166 valence electrons. The van der Waals surface area contributed by atoms with Gasteiger partial charge in [0.2, 0.25) is 5.91 Å². The molecule has 7 heteroatoms. The van der Waals surface area contributed by atoms with Gasteiger partial charge in [0.1, 0.15) is 12.4 Å². The number of hydrogen-bond donors (Lipinski definition) is 2. The number of nitrogens with zero attached hydrogens (tertiary/aromatic N) is 2. The van der Waals surface area contributed by atoms with Crippen molar-refractivity contribution in [3.8, 4) is 5.75 Å². The van der Waals surface area contributed by atoms with Crippen LogP contribution in [0.5, 0.6) is 5.75 Å². The van der Waals surface area contributed by atoms with Gasteiger partial charge in [0, 0.05) is 32.1 Å². The van der Waals surface area contributed by atoms with Crippen molar-refractivity contribution in [2.24, 2.45) is 5.92 Å². The van der Waals surface area contributed by atoms with E-state index in [9.17, 15) is 9.90 Å². The highest BCUT2D eigenvalue weighted by molar-refractivity contribution is 5.80. The number of aliphatic hydroxyl groups excluding tert-OH is 1. The number of piperazine rings is 1. The van der Waals surface area contributed by atoms with Crippen LogP contribution in [-0.4, -0.2) is 71.3 Å². The molecule has 31 heavy (non-hydrogen) atoms. The van der Waals surface area contributed by atoms with Gasteiger partial charge < -0.3 is 19.8 Å². The molecule has 7 nitrogen and oxygen atoms in total. The van der Waals surface area contributed by atoms with Crippen LogP contribution < -0.4 is 4.74 Å². The van der Waals surface area contributed by atoms with Gasteiger partial charge in [0.15, 0.2) is 0 Å². The van der Waals surface area contributed by atoms with Crippen molar-refractivity contribution in [1.29, 1.82) is 0 Å². The van der Waals surface area contributed by atoms with Crippen LogP contribution in [0.3, 0.4) is 0 Å². The van der Waals surface area contributed by atoms with E-state index in [4.69, 9.17) is 14.6 Å². The molecule has 2 aliphatic rings. The zero-order chi connectivity index (χ0) is 22.1. The largest absolute Gasteiger partial charge is 0.492 e. The maximum atomic E-state index is 12.6. The Kier molecular flexibility index (Phi) is 8.44. The van der Waals surface area contributed by atoms with Gasteiger partial charge in [-0.05, 0) is 30.5 Å². The van der Waals surface area contributed by atoms with Crippen LogP contribution >= 0.6 is 0 Å². The molecule has 1 aliphatic carbocycles. The summed E-state index contributed by atoms with van der Waals surface area (Å²) in [5, 5.41) is 16.4. The molecule has 0 bridgehead atoms. The molecule has 0 aromatic heterocycles. The normalized spacial score (nSPS) is 21.8.